The van der Waals surface area contributed by atoms with Crippen LogP contribution >= 0.6 is 0 Å². The van der Waals surface area contributed by atoms with Gasteiger partial charge in [-0.15, -0.1) is 0 Å². The van der Waals surface area contributed by atoms with Crippen molar-refractivity contribution in [2.24, 2.45) is 0 Å². The first-order valence-corrected chi connectivity index (χ1v) is 13.0. The van der Waals surface area contributed by atoms with Crippen molar-refractivity contribution in [3.8, 4) is 28.8 Å². The summed E-state index contributed by atoms with van der Waals surface area (Å²) in [7, 11) is 0. The molecule has 198 valence electrons. The number of rotatable bonds is 8. The van der Waals surface area contributed by atoms with Gasteiger partial charge in [-0.2, -0.15) is 15.5 Å². The number of nitriles is 1. The van der Waals surface area contributed by atoms with Gasteiger partial charge in [0, 0.05) is 28.4 Å². The molecule has 0 radical (unpaired) electrons. The minimum Gasteiger partial charge on any atom is -0.489 e. The molecule has 0 aliphatic heterocycles. The maximum Gasteiger partial charge on any atom is 0.185 e. The van der Waals surface area contributed by atoms with Gasteiger partial charge in [-0.3, -0.25) is 4.68 Å². The summed E-state index contributed by atoms with van der Waals surface area (Å²) in [5.41, 5.74) is 5.51. The maximum absolute atomic E-state index is 15.1. The Morgan fingerprint density at radius 1 is 1.05 bits per heavy atom. The summed E-state index contributed by atoms with van der Waals surface area (Å²) in [6, 6.07) is 20.4. The zero-order chi connectivity index (χ0) is 27.7. The fraction of sp³-hybridized carbons (Fsp3) is 0.258. The maximum atomic E-state index is 15.1. The molecule has 0 aliphatic carbocycles. The van der Waals surface area contributed by atoms with Gasteiger partial charge in [0.25, 0.3) is 0 Å². The van der Waals surface area contributed by atoms with E-state index in [2.05, 4.69) is 13.8 Å². The van der Waals surface area contributed by atoms with Crippen molar-refractivity contribution in [1.29, 1.82) is 5.26 Å². The van der Waals surface area contributed by atoms with Crippen molar-refractivity contribution in [1.82, 2.24) is 19.6 Å². The van der Waals surface area contributed by atoms with Crippen molar-refractivity contribution >= 4 is 10.9 Å². The van der Waals surface area contributed by atoms with Crippen molar-refractivity contribution in [3.05, 3.63) is 95.1 Å². The largest absolute Gasteiger partial charge is 0.489 e. The van der Waals surface area contributed by atoms with Crippen LogP contribution in [-0.2, 0) is 6.54 Å². The molecule has 5 aromatic rings. The zero-order valence-corrected chi connectivity index (χ0v) is 22.4. The summed E-state index contributed by atoms with van der Waals surface area (Å²) in [5.74, 6) is -0.567. The van der Waals surface area contributed by atoms with Crippen LogP contribution in [0.2, 0.25) is 0 Å². The number of halogens is 1. The second kappa shape index (κ2) is 10.7. The molecule has 5 rings (SSSR count). The minimum atomic E-state index is -0.695. The average Bonchev–Trinajstić information content (AvgIpc) is 3.50. The lowest BCUT2D eigenvalue weighted by atomic mass is 9.95. The van der Waals surface area contributed by atoms with Crippen LogP contribution in [0, 0.1) is 24.1 Å². The summed E-state index contributed by atoms with van der Waals surface area (Å²) in [6.07, 6.45) is 1.24. The molecule has 0 aliphatic rings. The van der Waals surface area contributed by atoms with Crippen molar-refractivity contribution in [3.63, 3.8) is 0 Å². The summed E-state index contributed by atoms with van der Waals surface area (Å²) in [6.45, 7) is 8.48. The predicted octanol–water partition coefficient (Wildman–Crippen LogP) is 6.46. The summed E-state index contributed by atoms with van der Waals surface area (Å²) < 4.78 is 24.3. The lowest BCUT2D eigenvalue weighted by Crippen LogP contribution is -2.08. The van der Waals surface area contributed by atoms with Gasteiger partial charge in [0.1, 0.15) is 11.8 Å². The second-order valence-corrected chi connectivity index (χ2v) is 9.75. The van der Waals surface area contributed by atoms with Gasteiger partial charge in [-0.25, -0.2) is 9.07 Å². The van der Waals surface area contributed by atoms with Gasteiger partial charge in [0.15, 0.2) is 11.6 Å². The van der Waals surface area contributed by atoms with E-state index in [4.69, 9.17) is 14.9 Å². The molecule has 39 heavy (non-hydrogen) atoms. The van der Waals surface area contributed by atoms with E-state index in [-0.39, 0.29) is 23.8 Å². The average molecular weight is 524 g/mol. The molecule has 2 heterocycles. The first-order chi connectivity index (χ1) is 18.8. The SMILES string of the molecule is CCOc1c(-n2nc(-c3cccc4nn(C[C@H](O)c5ccccc5)cc34)c(C(C)C)c2C)ccc(C#N)c1F. The molecule has 8 heteroatoms. The van der Waals surface area contributed by atoms with E-state index in [9.17, 15) is 10.4 Å². The minimum absolute atomic E-state index is 0.00457. The third-order valence-corrected chi connectivity index (χ3v) is 6.85. The summed E-state index contributed by atoms with van der Waals surface area (Å²) in [4.78, 5) is 0. The highest BCUT2D eigenvalue weighted by molar-refractivity contribution is 5.94. The Balaban J connectivity index is 1.63. The Bertz CT molecular complexity index is 1680. The fourth-order valence-corrected chi connectivity index (χ4v) is 5.07. The van der Waals surface area contributed by atoms with Crippen molar-refractivity contribution < 1.29 is 14.2 Å². The van der Waals surface area contributed by atoms with E-state index in [1.807, 2.05) is 67.7 Å². The number of hydrogen-bond acceptors (Lipinski definition) is 5. The molecule has 0 amide bonds. The monoisotopic (exact) mass is 523 g/mol. The molecule has 0 spiro atoms. The standard InChI is InChI=1S/C31H30FN5O2/c1-5-39-31-26(15-14-22(16-33)29(31)32)37-20(4)28(19(2)3)30(35-37)23-12-9-13-25-24(23)17-36(34-25)18-27(38)21-10-7-6-8-11-21/h6-15,17,19,27,38H,5,18H2,1-4H3/t27-/m0/s1. The number of aliphatic hydroxyl groups excluding tert-OH is 1. The van der Waals surface area contributed by atoms with Gasteiger partial charge in [0.05, 0.1) is 36.0 Å². The smallest absolute Gasteiger partial charge is 0.185 e. The molecular weight excluding hydrogens is 493 g/mol. The molecular formula is C31H30FN5O2. The van der Waals surface area contributed by atoms with Crippen LogP contribution in [0.4, 0.5) is 4.39 Å². The number of fused-ring (bicyclic) bond motifs is 1. The first kappa shape index (κ1) is 26.1. The number of aromatic nitrogens is 4. The van der Waals surface area contributed by atoms with E-state index < -0.39 is 11.9 Å². The molecule has 0 bridgehead atoms. The molecule has 2 aromatic heterocycles. The Hall–Kier alpha value is -4.48. The molecule has 0 saturated heterocycles. The Labute approximate surface area is 226 Å². The molecule has 7 nitrogen and oxygen atoms in total. The molecule has 1 N–H and O–H groups in total. The van der Waals surface area contributed by atoms with Gasteiger partial charge < -0.3 is 9.84 Å². The second-order valence-electron chi connectivity index (χ2n) is 9.75. The van der Waals surface area contributed by atoms with Gasteiger partial charge in [-0.05, 0) is 43.5 Å². The van der Waals surface area contributed by atoms with Crippen LogP contribution in [-0.4, -0.2) is 31.3 Å². The summed E-state index contributed by atoms with van der Waals surface area (Å²) >= 11 is 0. The third-order valence-electron chi connectivity index (χ3n) is 6.85. The van der Waals surface area contributed by atoms with Crippen molar-refractivity contribution in [2.75, 3.05) is 6.61 Å². The molecule has 0 unspecified atom stereocenters. The van der Waals surface area contributed by atoms with Crippen LogP contribution in [0.25, 0.3) is 27.8 Å². The zero-order valence-electron chi connectivity index (χ0n) is 22.4. The highest BCUT2D eigenvalue weighted by Crippen LogP contribution is 2.38. The predicted molar refractivity (Wildman–Crippen MR) is 148 cm³/mol. The van der Waals surface area contributed by atoms with Crippen LogP contribution in [0.3, 0.4) is 0 Å². The van der Waals surface area contributed by atoms with E-state index in [1.54, 1.807) is 22.4 Å². The van der Waals surface area contributed by atoms with E-state index in [0.29, 0.717) is 12.2 Å². The number of aliphatic hydroxyl groups is 1. The topological polar surface area (TPSA) is 88.9 Å². The van der Waals surface area contributed by atoms with E-state index in [1.165, 1.54) is 6.07 Å². The highest BCUT2D eigenvalue weighted by Gasteiger charge is 2.25. The molecule has 1 atom stereocenters. The molecule has 0 fully saturated rings. The first-order valence-electron chi connectivity index (χ1n) is 13.0. The lowest BCUT2D eigenvalue weighted by molar-refractivity contribution is 0.152. The van der Waals surface area contributed by atoms with E-state index in [0.717, 1.165) is 39.0 Å². The van der Waals surface area contributed by atoms with Crippen LogP contribution in [0.1, 0.15) is 55.2 Å². The van der Waals surface area contributed by atoms with E-state index >= 15 is 4.39 Å². The van der Waals surface area contributed by atoms with Gasteiger partial charge >= 0.3 is 0 Å². The number of nitrogens with zero attached hydrogens (tertiary/aromatic N) is 5. The Kier molecular flexibility index (Phi) is 7.18. The van der Waals surface area contributed by atoms with Crippen LogP contribution < -0.4 is 4.74 Å². The van der Waals surface area contributed by atoms with Gasteiger partial charge in [-0.1, -0.05) is 56.3 Å². The number of ether oxygens (including phenoxy) is 1. The normalized spacial score (nSPS) is 12.2. The molecule has 3 aromatic carbocycles. The molecule has 0 saturated carbocycles. The highest BCUT2D eigenvalue weighted by atomic mass is 19.1. The summed E-state index contributed by atoms with van der Waals surface area (Å²) in [5, 5.41) is 30.7. The van der Waals surface area contributed by atoms with Crippen LogP contribution in [0.5, 0.6) is 5.75 Å². The van der Waals surface area contributed by atoms with Gasteiger partial charge in [0.2, 0.25) is 0 Å². The van der Waals surface area contributed by atoms with Crippen LogP contribution in [0.15, 0.2) is 66.9 Å². The fourth-order valence-electron chi connectivity index (χ4n) is 5.07. The number of hydrogen-bond donors (Lipinski definition) is 1. The lowest BCUT2D eigenvalue weighted by Gasteiger charge is -2.14. The number of benzene rings is 3. The Morgan fingerprint density at radius 3 is 2.51 bits per heavy atom. The Morgan fingerprint density at radius 2 is 1.82 bits per heavy atom. The third kappa shape index (κ3) is 4.77. The van der Waals surface area contributed by atoms with Crippen molar-refractivity contribution in [2.45, 2.75) is 46.3 Å². The quantitative estimate of drug-likeness (QED) is 0.252.